The topological polar surface area (TPSA) is 65.1 Å². The largest absolute Gasteiger partial charge is 0.349 e. The molecular formula is C12H10N2O3. The van der Waals surface area contributed by atoms with Crippen LogP contribution in [0.5, 0.6) is 0 Å². The molecule has 0 saturated carbocycles. The summed E-state index contributed by atoms with van der Waals surface area (Å²) in [5.41, 5.74) is 1.64. The van der Waals surface area contributed by atoms with E-state index in [1.165, 1.54) is 12.1 Å². The van der Waals surface area contributed by atoms with Crippen molar-refractivity contribution in [3.63, 3.8) is 0 Å². The maximum Gasteiger partial charge on any atom is 0.269 e. The van der Waals surface area contributed by atoms with Crippen molar-refractivity contribution in [2.75, 3.05) is 0 Å². The maximum atomic E-state index is 10.5. The summed E-state index contributed by atoms with van der Waals surface area (Å²) in [5, 5.41) is 10.5. The van der Waals surface area contributed by atoms with E-state index in [1.807, 2.05) is 4.57 Å². The van der Waals surface area contributed by atoms with Gasteiger partial charge in [0.2, 0.25) is 0 Å². The van der Waals surface area contributed by atoms with E-state index in [1.54, 1.807) is 30.6 Å². The zero-order chi connectivity index (χ0) is 12.3. The summed E-state index contributed by atoms with van der Waals surface area (Å²) in [6, 6.07) is 8.08. The first-order chi connectivity index (χ1) is 8.19. The van der Waals surface area contributed by atoms with Crippen molar-refractivity contribution in [3.8, 4) is 0 Å². The highest BCUT2D eigenvalue weighted by Crippen LogP contribution is 2.13. The van der Waals surface area contributed by atoms with Crippen LogP contribution in [0.1, 0.15) is 15.9 Å². The number of aromatic nitrogens is 1. The molecule has 0 N–H and O–H groups in total. The first-order valence-corrected chi connectivity index (χ1v) is 5.03. The smallest absolute Gasteiger partial charge is 0.269 e. The summed E-state index contributed by atoms with van der Waals surface area (Å²) in [4.78, 5) is 20.6. The zero-order valence-electron chi connectivity index (χ0n) is 8.95. The van der Waals surface area contributed by atoms with Crippen molar-refractivity contribution in [2.45, 2.75) is 6.54 Å². The summed E-state index contributed by atoms with van der Waals surface area (Å²) in [7, 11) is 0. The Kier molecular flexibility index (Phi) is 3.00. The summed E-state index contributed by atoms with van der Waals surface area (Å²) in [6.07, 6.45) is 4.31. The summed E-state index contributed by atoms with van der Waals surface area (Å²) in [5.74, 6) is 0. The van der Waals surface area contributed by atoms with E-state index < -0.39 is 4.92 Å². The van der Waals surface area contributed by atoms with Gasteiger partial charge in [-0.1, -0.05) is 12.1 Å². The molecule has 1 aromatic carbocycles. The molecule has 0 spiro atoms. The fourth-order valence-corrected chi connectivity index (χ4v) is 1.56. The van der Waals surface area contributed by atoms with Gasteiger partial charge in [0.1, 0.15) is 0 Å². The van der Waals surface area contributed by atoms with Gasteiger partial charge in [-0.25, -0.2) is 0 Å². The molecule has 1 heterocycles. The molecule has 2 aromatic rings. The molecule has 0 aliphatic rings. The number of rotatable bonds is 4. The lowest BCUT2D eigenvalue weighted by Gasteiger charge is -2.02. The number of hydrogen-bond donors (Lipinski definition) is 0. The Morgan fingerprint density at radius 3 is 2.47 bits per heavy atom. The lowest BCUT2D eigenvalue weighted by molar-refractivity contribution is -0.384. The van der Waals surface area contributed by atoms with Crippen LogP contribution in [-0.2, 0) is 6.54 Å². The van der Waals surface area contributed by atoms with E-state index in [2.05, 4.69) is 0 Å². The number of nitro groups is 1. The van der Waals surface area contributed by atoms with E-state index in [0.29, 0.717) is 12.1 Å². The van der Waals surface area contributed by atoms with Crippen molar-refractivity contribution >= 4 is 12.0 Å². The number of benzene rings is 1. The van der Waals surface area contributed by atoms with Crippen molar-refractivity contribution in [3.05, 3.63) is 64.0 Å². The van der Waals surface area contributed by atoms with Crippen molar-refractivity contribution in [1.29, 1.82) is 0 Å². The van der Waals surface area contributed by atoms with Crippen molar-refractivity contribution in [1.82, 2.24) is 4.57 Å². The van der Waals surface area contributed by atoms with Crippen LogP contribution in [0, 0.1) is 10.1 Å². The second-order valence-corrected chi connectivity index (χ2v) is 3.66. The number of carbonyl (C=O) groups excluding carboxylic acids is 1. The minimum absolute atomic E-state index is 0.0786. The Morgan fingerprint density at radius 1 is 1.24 bits per heavy atom. The van der Waals surface area contributed by atoms with Gasteiger partial charge in [0.05, 0.1) is 4.92 Å². The third-order valence-electron chi connectivity index (χ3n) is 2.42. The fourth-order valence-electron chi connectivity index (χ4n) is 1.56. The second kappa shape index (κ2) is 4.61. The lowest BCUT2D eigenvalue weighted by atomic mass is 10.2. The van der Waals surface area contributed by atoms with Gasteiger partial charge in [-0.15, -0.1) is 0 Å². The van der Waals surface area contributed by atoms with Crippen LogP contribution < -0.4 is 0 Å². The molecule has 0 bridgehead atoms. The number of carbonyl (C=O) groups is 1. The van der Waals surface area contributed by atoms with Gasteiger partial charge in [-0.3, -0.25) is 14.9 Å². The normalized spacial score (nSPS) is 10.1. The van der Waals surface area contributed by atoms with Crippen molar-refractivity contribution in [2.24, 2.45) is 0 Å². The van der Waals surface area contributed by atoms with E-state index in [-0.39, 0.29) is 5.69 Å². The minimum Gasteiger partial charge on any atom is -0.349 e. The van der Waals surface area contributed by atoms with E-state index in [0.717, 1.165) is 11.8 Å². The molecule has 2 rings (SSSR count). The van der Waals surface area contributed by atoms with Crippen LogP contribution in [0.2, 0.25) is 0 Å². The summed E-state index contributed by atoms with van der Waals surface area (Å²) >= 11 is 0. The number of nitrogens with zero attached hydrogens (tertiary/aromatic N) is 2. The molecule has 0 saturated heterocycles. The first-order valence-electron chi connectivity index (χ1n) is 5.03. The van der Waals surface area contributed by atoms with Gasteiger partial charge in [0.25, 0.3) is 5.69 Å². The Hall–Kier alpha value is -2.43. The minimum atomic E-state index is -0.427. The van der Waals surface area contributed by atoms with Gasteiger partial charge in [0.15, 0.2) is 6.29 Å². The molecule has 0 unspecified atom stereocenters. The van der Waals surface area contributed by atoms with Crippen LogP contribution in [-0.4, -0.2) is 15.8 Å². The fraction of sp³-hybridized carbons (Fsp3) is 0.0833. The quantitative estimate of drug-likeness (QED) is 0.459. The number of hydrogen-bond acceptors (Lipinski definition) is 3. The average Bonchev–Trinajstić information content (AvgIpc) is 2.77. The molecule has 0 amide bonds. The molecule has 0 fully saturated rings. The van der Waals surface area contributed by atoms with Crippen LogP contribution in [0.25, 0.3) is 0 Å². The monoisotopic (exact) mass is 230 g/mol. The molecule has 17 heavy (non-hydrogen) atoms. The van der Waals surface area contributed by atoms with Gasteiger partial charge in [-0.2, -0.15) is 0 Å². The molecule has 86 valence electrons. The first kappa shape index (κ1) is 11.1. The molecule has 5 heteroatoms. The number of non-ortho nitro benzene ring substituents is 1. The van der Waals surface area contributed by atoms with E-state index in [9.17, 15) is 14.9 Å². The molecule has 0 aliphatic carbocycles. The molecule has 0 atom stereocenters. The van der Waals surface area contributed by atoms with Gasteiger partial charge in [-0.05, 0) is 11.6 Å². The Balaban J connectivity index is 2.13. The molecular weight excluding hydrogens is 220 g/mol. The highest BCUT2D eigenvalue weighted by molar-refractivity contribution is 5.74. The highest BCUT2D eigenvalue weighted by atomic mass is 16.6. The maximum absolute atomic E-state index is 10.5. The Bertz CT molecular complexity index is 543. The Morgan fingerprint density at radius 2 is 1.94 bits per heavy atom. The third kappa shape index (κ3) is 2.57. The predicted molar refractivity (Wildman–Crippen MR) is 62.0 cm³/mol. The van der Waals surface area contributed by atoms with E-state index >= 15 is 0 Å². The van der Waals surface area contributed by atoms with E-state index in [4.69, 9.17) is 0 Å². The van der Waals surface area contributed by atoms with Gasteiger partial charge >= 0.3 is 0 Å². The SMILES string of the molecule is O=Cc1ccn(Cc2ccc([N+](=O)[O-])cc2)c1. The Labute approximate surface area is 97.5 Å². The third-order valence-corrected chi connectivity index (χ3v) is 2.42. The molecule has 0 aliphatic heterocycles. The van der Waals surface area contributed by atoms with Crippen LogP contribution in [0.3, 0.4) is 0 Å². The van der Waals surface area contributed by atoms with Crippen LogP contribution in [0.4, 0.5) is 5.69 Å². The number of aldehydes is 1. The van der Waals surface area contributed by atoms with Gasteiger partial charge in [0, 0.05) is 36.6 Å². The summed E-state index contributed by atoms with van der Waals surface area (Å²) < 4.78 is 1.85. The average molecular weight is 230 g/mol. The summed E-state index contributed by atoms with van der Waals surface area (Å²) in [6.45, 7) is 0.589. The van der Waals surface area contributed by atoms with Gasteiger partial charge < -0.3 is 4.57 Å². The predicted octanol–water partition coefficient (Wildman–Crippen LogP) is 2.26. The number of nitro benzene ring substituents is 1. The van der Waals surface area contributed by atoms with Crippen molar-refractivity contribution < 1.29 is 9.72 Å². The second-order valence-electron chi connectivity index (χ2n) is 3.66. The van der Waals surface area contributed by atoms with Crippen LogP contribution >= 0.6 is 0 Å². The lowest BCUT2D eigenvalue weighted by Crippen LogP contribution is -1.96. The molecule has 0 radical (unpaired) electrons. The zero-order valence-corrected chi connectivity index (χ0v) is 8.95. The van der Waals surface area contributed by atoms with Crippen LogP contribution in [0.15, 0.2) is 42.7 Å². The highest BCUT2D eigenvalue weighted by Gasteiger charge is 2.04. The molecule has 5 nitrogen and oxygen atoms in total. The molecule has 1 aromatic heterocycles. The standard InChI is InChI=1S/C12H10N2O3/c15-9-11-5-6-13(8-11)7-10-1-3-12(4-2-10)14(16)17/h1-6,8-9H,7H2.